The van der Waals surface area contributed by atoms with Crippen molar-refractivity contribution in [2.24, 2.45) is 0 Å². The van der Waals surface area contributed by atoms with Gasteiger partial charge >= 0.3 is 5.97 Å². The molecule has 0 aliphatic rings. The maximum absolute atomic E-state index is 11.8. The summed E-state index contributed by atoms with van der Waals surface area (Å²) >= 11 is 5.85. The predicted octanol–water partition coefficient (Wildman–Crippen LogP) is 4.33. The minimum absolute atomic E-state index is 0.256. The smallest absolute Gasteiger partial charge is 0.344 e. The first kappa shape index (κ1) is 19.8. The Morgan fingerprint density at radius 3 is 2.58 bits per heavy atom. The number of esters is 1. The van der Waals surface area contributed by atoms with Gasteiger partial charge in [0.1, 0.15) is 5.75 Å². The summed E-state index contributed by atoms with van der Waals surface area (Å²) in [5.74, 6) is -0.132. The van der Waals surface area contributed by atoms with Gasteiger partial charge in [0.2, 0.25) is 0 Å². The van der Waals surface area contributed by atoms with Crippen LogP contribution >= 0.6 is 11.6 Å². The van der Waals surface area contributed by atoms with Gasteiger partial charge in [-0.05, 0) is 48.2 Å². The first-order chi connectivity index (χ1) is 12.3. The van der Waals surface area contributed by atoms with E-state index in [4.69, 9.17) is 21.1 Å². The van der Waals surface area contributed by atoms with Crippen molar-refractivity contribution in [3.8, 4) is 5.75 Å². The normalized spacial score (nSPS) is 10.5. The molecular formula is C20H22ClNO4. The van der Waals surface area contributed by atoms with Gasteiger partial charge in [-0.1, -0.05) is 43.6 Å². The molecule has 6 heteroatoms. The summed E-state index contributed by atoms with van der Waals surface area (Å²) in [4.78, 5) is 23.7. The maximum atomic E-state index is 11.8. The number of amides is 1. The number of carbonyl (C=O) groups is 2. The average molecular weight is 376 g/mol. The quantitative estimate of drug-likeness (QED) is 0.731. The molecule has 0 aliphatic heterocycles. The Morgan fingerprint density at radius 2 is 1.88 bits per heavy atom. The molecule has 0 unspecified atom stereocenters. The van der Waals surface area contributed by atoms with Crippen LogP contribution < -0.4 is 10.1 Å². The van der Waals surface area contributed by atoms with E-state index in [2.05, 4.69) is 19.2 Å². The van der Waals surface area contributed by atoms with Crippen molar-refractivity contribution < 1.29 is 19.1 Å². The Hall–Kier alpha value is -2.53. The van der Waals surface area contributed by atoms with Crippen LogP contribution in [0.15, 0.2) is 42.5 Å². The standard InChI is InChI=1S/C20H22ClNO4/c1-13(2)17-8-7-14(3)9-18(17)25-12-20(24)26-11-19(23)22-16-6-4-5-15(21)10-16/h4-10,13H,11-12H2,1-3H3,(H,22,23). The van der Waals surface area contributed by atoms with Crippen LogP contribution in [-0.2, 0) is 14.3 Å². The van der Waals surface area contributed by atoms with E-state index in [0.717, 1.165) is 11.1 Å². The highest BCUT2D eigenvalue weighted by molar-refractivity contribution is 6.30. The van der Waals surface area contributed by atoms with E-state index in [1.54, 1.807) is 24.3 Å². The van der Waals surface area contributed by atoms with Crippen LogP contribution in [0.1, 0.15) is 30.9 Å². The van der Waals surface area contributed by atoms with E-state index >= 15 is 0 Å². The number of hydrogen-bond donors (Lipinski definition) is 1. The SMILES string of the molecule is Cc1ccc(C(C)C)c(OCC(=O)OCC(=O)Nc2cccc(Cl)c2)c1. The third-order valence-corrected chi connectivity index (χ3v) is 3.84. The van der Waals surface area contributed by atoms with Crippen LogP contribution in [-0.4, -0.2) is 25.1 Å². The molecule has 0 aromatic heterocycles. The van der Waals surface area contributed by atoms with Crippen molar-refractivity contribution in [2.45, 2.75) is 26.7 Å². The zero-order valence-electron chi connectivity index (χ0n) is 15.0. The highest BCUT2D eigenvalue weighted by Crippen LogP contribution is 2.27. The van der Waals surface area contributed by atoms with Crippen LogP contribution in [0, 0.1) is 6.92 Å². The fourth-order valence-corrected chi connectivity index (χ4v) is 2.52. The second kappa shape index (κ2) is 9.25. The number of aryl methyl sites for hydroxylation is 1. The van der Waals surface area contributed by atoms with Crippen molar-refractivity contribution in [1.82, 2.24) is 0 Å². The molecule has 5 nitrogen and oxygen atoms in total. The van der Waals surface area contributed by atoms with Gasteiger partial charge < -0.3 is 14.8 Å². The highest BCUT2D eigenvalue weighted by atomic mass is 35.5. The highest BCUT2D eigenvalue weighted by Gasteiger charge is 2.12. The number of carbonyl (C=O) groups excluding carboxylic acids is 2. The molecule has 138 valence electrons. The topological polar surface area (TPSA) is 64.6 Å². The number of ether oxygens (including phenoxy) is 2. The molecule has 0 saturated heterocycles. The minimum Gasteiger partial charge on any atom is -0.482 e. The molecule has 0 aliphatic carbocycles. The van der Waals surface area contributed by atoms with Crippen LogP contribution in [0.25, 0.3) is 0 Å². The molecule has 26 heavy (non-hydrogen) atoms. The van der Waals surface area contributed by atoms with E-state index < -0.39 is 11.9 Å². The minimum atomic E-state index is -0.609. The molecule has 2 rings (SSSR count). The van der Waals surface area contributed by atoms with Crippen LogP contribution in [0.3, 0.4) is 0 Å². The molecule has 0 heterocycles. The number of halogens is 1. The zero-order chi connectivity index (χ0) is 19.1. The number of anilines is 1. The summed E-state index contributed by atoms with van der Waals surface area (Å²) in [6, 6.07) is 12.6. The zero-order valence-corrected chi connectivity index (χ0v) is 15.8. The summed E-state index contributed by atoms with van der Waals surface area (Å²) in [6.07, 6.45) is 0. The van der Waals surface area contributed by atoms with Gasteiger partial charge in [0, 0.05) is 10.7 Å². The molecule has 0 radical (unpaired) electrons. The Labute approximate surface area is 158 Å². The fourth-order valence-electron chi connectivity index (χ4n) is 2.33. The van der Waals surface area contributed by atoms with Gasteiger partial charge in [-0.15, -0.1) is 0 Å². The molecule has 0 saturated carbocycles. The van der Waals surface area contributed by atoms with Crippen LogP contribution in [0.2, 0.25) is 5.02 Å². The molecule has 0 fully saturated rings. The average Bonchev–Trinajstić information content (AvgIpc) is 2.58. The Balaban J connectivity index is 1.82. The second-order valence-electron chi connectivity index (χ2n) is 6.20. The summed E-state index contributed by atoms with van der Waals surface area (Å²) in [5, 5.41) is 3.11. The van der Waals surface area contributed by atoms with E-state index in [-0.39, 0.29) is 19.1 Å². The predicted molar refractivity (Wildman–Crippen MR) is 102 cm³/mol. The van der Waals surface area contributed by atoms with Crippen molar-refractivity contribution in [2.75, 3.05) is 18.5 Å². The lowest BCUT2D eigenvalue weighted by molar-refractivity contribution is -0.149. The van der Waals surface area contributed by atoms with Gasteiger partial charge in [-0.3, -0.25) is 4.79 Å². The third kappa shape index (κ3) is 6.08. The van der Waals surface area contributed by atoms with Gasteiger partial charge in [0.25, 0.3) is 5.91 Å². The lowest BCUT2D eigenvalue weighted by Crippen LogP contribution is -2.23. The number of hydrogen-bond acceptors (Lipinski definition) is 4. The Bertz CT molecular complexity index is 789. The number of nitrogens with one attached hydrogen (secondary N) is 1. The van der Waals surface area contributed by atoms with Crippen molar-refractivity contribution >= 4 is 29.2 Å². The molecule has 0 atom stereocenters. The fraction of sp³-hybridized carbons (Fsp3) is 0.300. The molecule has 1 amide bonds. The Kier molecular flexibility index (Phi) is 7.04. The molecule has 2 aromatic carbocycles. The number of rotatable bonds is 7. The molecular weight excluding hydrogens is 354 g/mol. The van der Waals surface area contributed by atoms with E-state index in [1.807, 2.05) is 25.1 Å². The summed E-state index contributed by atoms with van der Waals surface area (Å²) in [6.45, 7) is 5.41. The first-order valence-corrected chi connectivity index (χ1v) is 8.67. The first-order valence-electron chi connectivity index (χ1n) is 8.29. The molecule has 0 bridgehead atoms. The van der Waals surface area contributed by atoms with Crippen molar-refractivity contribution in [3.05, 3.63) is 58.6 Å². The van der Waals surface area contributed by atoms with Crippen molar-refractivity contribution in [3.63, 3.8) is 0 Å². The van der Waals surface area contributed by atoms with Gasteiger partial charge in [0.05, 0.1) is 0 Å². The monoisotopic (exact) mass is 375 g/mol. The van der Waals surface area contributed by atoms with Crippen molar-refractivity contribution in [1.29, 1.82) is 0 Å². The van der Waals surface area contributed by atoms with Crippen LogP contribution in [0.5, 0.6) is 5.75 Å². The summed E-state index contributed by atoms with van der Waals surface area (Å²) in [5.41, 5.74) is 2.59. The van der Waals surface area contributed by atoms with E-state index in [0.29, 0.717) is 16.5 Å². The maximum Gasteiger partial charge on any atom is 0.344 e. The molecule has 0 spiro atoms. The second-order valence-corrected chi connectivity index (χ2v) is 6.64. The summed E-state index contributed by atoms with van der Waals surface area (Å²) < 4.78 is 10.5. The molecule has 1 N–H and O–H groups in total. The van der Waals surface area contributed by atoms with Gasteiger partial charge in [0.15, 0.2) is 13.2 Å². The molecule has 2 aromatic rings. The Morgan fingerprint density at radius 1 is 1.12 bits per heavy atom. The lowest BCUT2D eigenvalue weighted by atomic mass is 10.0. The van der Waals surface area contributed by atoms with E-state index in [9.17, 15) is 9.59 Å². The van der Waals surface area contributed by atoms with Crippen LogP contribution in [0.4, 0.5) is 5.69 Å². The largest absolute Gasteiger partial charge is 0.482 e. The number of benzene rings is 2. The third-order valence-electron chi connectivity index (χ3n) is 3.61. The lowest BCUT2D eigenvalue weighted by Gasteiger charge is -2.14. The van der Waals surface area contributed by atoms with Gasteiger partial charge in [-0.2, -0.15) is 0 Å². The van der Waals surface area contributed by atoms with E-state index in [1.165, 1.54) is 0 Å². The summed E-state index contributed by atoms with van der Waals surface area (Å²) in [7, 11) is 0. The van der Waals surface area contributed by atoms with Gasteiger partial charge in [-0.25, -0.2) is 4.79 Å².